The summed E-state index contributed by atoms with van der Waals surface area (Å²) in [6.07, 6.45) is 0. The first-order valence-electron chi connectivity index (χ1n) is 19.1. The largest absolute Gasteiger partial charge is 0.456 e. The summed E-state index contributed by atoms with van der Waals surface area (Å²) < 4.78 is 9.31. The van der Waals surface area contributed by atoms with Crippen LogP contribution in [0.2, 0.25) is 0 Å². The number of thiophene rings is 1. The minimum absolute atomic E-state index is 0.0717. The molecule has 0 atom stereocenters. The molecule has 56 heavy (non-hydrogen) atoms. The molecule has 0 aliphatic carbocycles. The Kier molecular flexibility index (Phi) is 7.78. The van der Waals surface area contributed by atoms with Crippen molar-refractivity contribution < 1.29 is 4.42 Å². The van der Waals surface area contributed by atoms with Gasteiger partial charge in [-0.1, -0.05) is 140 Å². The molecule has 9 aromatic carbocycles. The van der Waals surface area contributed by atoms with Gasteiger partial charge in [-0.15, -0.1) is 11.3 Å². The molecule has 11 rings (SSSR count). The smallest absolute Gasteiger partial charge is 0.137 e. The van der Waals surface area contributed by atoms with Crippen LogP contribution in [0.1, 0.15) is 22.6 Å². The number of nitrogens with zero attached hydrogens (tertiary/aromatic N) is 1. The molecular weight excluding hydrogens is 699 g/mol. The SMILES string of the molecule is c1ccc(C(c2ccccc2)c2ccc3oc4cccc(N(c5ccccc5)c5cc(-c6ccc7sc8ccccc8c7c6)cc6ccccc56)c4c3c2)cc1. The maximum atomic E-state index is 6.68. The number of hydrogen-bond donors (Lipinski definition) is 0. The third-order valence-electron chi connectivity index (χ3n) is 11.1. The average Bonchev–Trinajstić information content (AvgIpc) is 3.83. The highest BCUT2D eigenvalue weighted by atomic mass is 32.1. The summed E-state index contributed by atoms with van der Waals surface area (Å²) >= 11 is 1.86. The van der Waals surface area contributed by atoms with Gasteiger partial charge < -0.3 is 9.32 Å². The van der Waals surface area contributed by atoms with E-state index in [2.05, 4.69) is 211 Å². The summed E-state index contributed by atoms with van der Waals surface area (Å²) in [5.41, 5.74) is 11.1. The molecule has 0 saturated heterocycles. The van der Waals surface area contributed by atoms with Crippen LogP contribution in [0.3, 0.4) is 0 Å². The summed E-state index contributed by atoms with van der Waals surface area (Å²) in [6, 6.07) is 74.7. The maximum absolute atomic E-state index is 6.68. The fraction of sp³-hybridized carbons (Fsp3) is 0.0189. The molecule has 0 fully saturated rings. The van der Waals surface area contributed by atoms with Gasteiger partial charge in [-0.25, -0.2) is 0 Å². The van der Waals surface area contributed by atoms with Crippen LogP contribution in [0, 0.1) is 0 Å². The lowest BCUT2D eigenvalue weighted by Gasteiger charge is -2.28. The molecule has 11 aromatic rings. The summed E-state index contributed by atoms with van der Waals surface area (Å²) in [5.74, 6) is 0.0717. The molecule has 0 unspecified atom stereocenters. The summed E-state index contributed by atoms with van der Waals surface area (Å²) in [6.45, 7) is 0. The van der Waals surface area contributed by atoms with Crippen molar-refractivity contribution in [3.8, 4) is 11.1 Å². The van der Waals surface area contributed by atoms with Crippen LogP contribution in [0.15, 0.2) is 211 Å². The summed E-state index contributed by atoms with van der Waals surface area (Å²) in [4.78, 5) is 2.43. The van der Waals surface area contributed by atoms with E-state index in [0.29, 0.717) is 0 Å². The predicted molar refractivity (Wildman–Crippen MR) is 238 cm³/mol. The van der Waals surface area contributed by atoms with Crippen molar-refractivity contribution in [2.75, 3.05) is 4.90 Å². The third kappa shape index (κ3) is 5.47. The Balaban J connectivity index is 1.15. The monoisotopic (exact) mass is 733 g/mol. The van der Waals surface area contributed by atoms with Crippen molar-refractivity contribution in [3.05, 3.63) is 223 Å². The van der Waals surface area contributed by atoms with Gasteiger partial charge in [-0.3, -0.25) is 0 Å². The van der Waals surface area contributed by atoms with E-state index in [4.69, 9.17) is 4.42 Å². The Labute approximate surface area is 329 Å². The van der Waals surface area contributed by atoms with Crippen LogP contribution in [-0.2, 0) is 0 Å². The van der Waals surface area contributed by atoms with Crippen LogP contribution in [0.5, 0.6) is 0 Å². The number of para-hydroxylation sites is 1. The fourth-order valence-corrected chi connectivity index (χ4v) is 9.68. The molecule has 264 valence electrons. The second-order valence-corrected chi connectivity index (χ2v) is 15.5. The number of fused-ring (bicyclic) bond motifs is 7. The van der Waals surface area contributed by atoms with Gasteiger partial charge >= 0.3 is 0 Å². The van der Waals surface area contributed by atoms with Gasteiger partial charge in [0.25, 0.3) is 0 Å². The number of hydrogen-bond acceptors (Lipinski definition) is 3. The van der Waals surface area contributed by atoms with Crippen LogP contribution in [0.25, 0.3) is 64.0 Å². The molecule has 0 N–H and O–H groups in total. The van der Waals surface area contributed by atoms with Crippen LogP contribution in [-0.4, -0.2) is 0 Å². The van der Waals surface area contributed by atoms with E-state index in [0.717, 1.165) is 39.0 Å². The zero-order valence-corrected chi connectivity index (χ0v) is 31.3. The van der Waals surface area contributed by atoms with E-state index >= 15 is 0 Å². The normalized spacial score (nSPS) is 11.7. The van der Waals surface area contributed by atoms with Gasteiger partial charge in [0.05, 0.1) is 16.8 Å². The quantitative estimate of drug-likeness (QED) is 0.152. The summed E-state index contributed by atoms with van der Waals surface area (Å²) in [7, 11) is 0. The Bertz CT molecular complexity index is 3160. The molecule has 0 amide bonds. The number of rotatable bonds is 7. The molecule has 2 heterocycles. The maximum Gasteiger partial charge on any atom is 0.137 e. The van der Waals surface area contributed by atoms with Crippen molar-refractivity contribution in [3.63, 3.8) is 0 Å². The zero-order chi connectivity index (χ0) is 37.0. The van der Waals surface area contributed by atoms with Gasteiger partial charge in [-0.2, -0.15) is 0 Å². The van der Waals surface area contributed by atoms with Gasteiger partial charge in [0.15, 0.2) is 0 Å². The Morgan fingerprint density at radius 2 is 1.07 bits per heavy atom. The third-order valence-corrected chi connectivity index (χ3v) is 12.3. The molecule has 0 spiro atoms. The Hall–Kier alpha value is -6.94. The molecule has 3 heteroatoms. The van der Waals surface area contributed by atoms with Crippen molar-refractivity contribution in [2.24, 2.45) is 0 Å². The fourth-order valence-electron chi connectivity index (χ4n) is 8.59. The zero-order valence-electron chi connectivity index (χ0n) is 30.5. The van der Waals surface area contributed by atoms with Crippen molar-refractivity contribution in [1.29, 1.82) is 0 Å². The lowest BCUT2D eigenvalue weighted by Crippen LogP contribution is -2.11. The van der Waals surface area contributed by atoms with Crippen molar-refractivity contribution in [2.45, 2.75) is 5.92 Å². The number of benzene rings is 9. The summed E-state index contributed by atoms with van der Waals surface area (Å²) in [5, 5.41) is 7.17. The van der Waals surface area contributed by atoms with Crippen LogP contribution >= 0.6 is 11.3 Å². The van der Waals surface area contributed by atoms with E-state index in [-0.39, 0.29) is 5.92 Å². The minimum atomic E-state index is 0.0717. The van der Waals surface area contributed by atoms with Crippen molar-refractivity contribution in [1.82, 2.24) is 0 Å². The molecule has 0 bridgehead atoms. The lowest BCUT2D eigenvalue weighted by molar-refractivity contribution is 0.668. The topological polar surface area (TPSA) is 16.4 Å². The standard InChI is InChI=1S/C53H35NOS/c1-4-15-35(16-5-1)52(36-17-6-2-7-18-36)39-27-29-48-45(33-39)53-46(24-14-25-49(53)55-48)54(41-20-8-3-9-21-41)47-34-40(31-38-19-10-11-22-42(38)47)37-28-30-51-44(32-37)43-23-12-13-26-50(43)56-51/h1-34,52H. The highest BCUT2D eigenvalue weighted by Gasteiger charge is 2.24. The van der Waals surface area contributed by atoms with E-state index in [1.165, 1.54) is 58.8 Å². The molecule has 2 aromatic heterocycles. The first kappa shape index (κ1) is 32.5. The number of anilines is 3. The van der Waals surface area contributed by atoms with E-state index in [1.807, 2.05) is 11.3 Å². The lowest BCUT2D eigenvalue weighted by atomic mass is 9.84. The Morgan fingerprint density at radius 3 is 1.86 bits per heavy atom. The van der Waals surface area contributed by atoms with Crippen LogP contribution < -0.4 is 4.90 Å². The highest BCUT2D eigenvalue weighted by molar-refractivity contribution is 7.25. The predicted octanol–water partition coefficient (Wildman–Crippen LogP) is 15.4. The molecule has 2 nitrogen and oxygen atoms in total. The molecular formula is C53H35NOS. The molecule has 0 aliphatic rings. The van der Waals surface area contributed by atoms with Gasteiger partial charge in [0.2, 0.25) is 0 Å². The Morgan fingerprint density at radius 1 is 0.393 bits per heavy atom. The van der Waals surface area contributed by atoms with Crippen molar-refractivity contribution >= 4 is 81.3 Å². The second-order valence-electron chi connectivity index (χ2n) is 14.5. The van der Waals surface area contributed by atoms with Crippen LogP contribution in [0.4, 0.5) is 17.1 Å². The first-order chi connectivity index (χ1) is 27.8. The van der Waals surface area contributed by atoms with Gasteiger partial charge in [0, 0.05) is 42.6 Å². The van der Waals surface area contributed by atoms with Gasteiger partial charge in [-0.05, 0) is 99.9 Å². The van der Waals surface area contributed by atoms with E-state index in [9.17, 15) is 0 Å². The first-order valence-corrected chi connectivity index (χ1v) is 19.9. The highest BCUT2D eigenvalue weighted by Crippen LogP contribution is 2.47. The molecule has 0 radical (unpaired) electrons. The average molecular weight is 734 g/mol. The second kappa shape index (κ2) is 13.4. The van der Waals surface area contributed by atoms with Gasteiger partial charge in [0.1, 0.15) is 11.2 Å². The van der Waals surface area contributed by atoms with E-state index < -0.39 is 0 Å². The molecule has 0 aliphatic heterocycles. The molecule has 0 saturated carbocycles. The minimum Gasteiger partial charge on any atom is -0.456 e. The van der Waals surface area contributed by atoms with E-state index in [1.54, 1.807) is 0 Å². The number of furan rings is 1.